The molecule has 1 amide bonds. The number of benzene rings is 1. The Morgan fingerprint density at radius 1 is 1.33 bits per heavy atom. The molecule has 2 aromatic rings. The molecule has 1 aromatic carbocycles. The number of amides is 1. The number of rotatable bonds is 4. The molecule has 2 aliphatic heterocycles. The van der Waals surface area contributed by atoms with E-state index in [1.807, 2.05) is 0 Å². The summed E-state index contributed by atoms with van der Waals surface area (Å²) in [5.74, 6) is 0.259. The SMILES string of the molecule is CCOC(=O)C[n+]1ccc2c(c1)C(=O)NC2(O)c1ccc2c(c1)OCO2.[Br-]. The second-order valence-corrected chi connectivity index (χ2v) is 5.98. The van der Waals surface area contributed by atoms with Gasteiger partial charge in [0.2, 0.25) is 13.3 Å². The summed E-state index contributed by atoms with van der Waals surface area (Å²) in [5.41, 5.74) is -0.536. The van der Waals surface area contributed by atoms with Crippen LogP contribution in [0.5, 0.6) is 11.5 Å². The van der Waals surface area contributed by atoms with Crippen molar-refractivity contribution in [2.45, 2.75) is 19.2 Å². The Labute approximate surface area is 165 Å². The maximum atomic E-state index is 12.4. The number of pyridine rings is 1. The molecule has 142 valence electrons. The quantitative estimate of drug-likeness (QED) is 0.397. The van der Waals surface area contributed by atoms with Crippen LogP contribution < -0.4 is 36.3 Å². The lowest BCUT2D eigenvalue weighted by atomic mass is 9.95. The summed E-state index contributed by atoms with van der Waals surface area (Å²) in [6.07, 6.45) is 3.14. The summed E-state index contributed by atoms with van der Waals surface area (Å²) in [5, 5.41) is 13.7. The molecule has 3 heterocycles. The minimum atomic E-state index is -1.68. The topological polar surface area (TPSA) is 98.0 Å². The van der Waals surface area contributed by atoms with E-state index >= 15 is 0 Å². The van der Waals surface area contributed by atoms with E-state index in [0.29, 0.717) is 22.6 Å². The molecule has 0 spiro atoms. The van der Waals surface area contributed by atoms with Gasteiger partial charge in [0.05, 0.1) is 6.61 Å². The average molecular weight is 437 g/mol. The number of nitrogens with one attached hydrogen (secondary N) is 1. The molecule has 8 nitrogen and oxygen atoms in total. The Kier molecular flexibility index (Phi) is 5.07. The summed E-state index contributed by atoms with van der Waals surface area (Å²) in [6.45, 7) is 2.11. The number of nitrogens with zero attached hydrogens (tertiary/aromatic N) is 1. The highest BCUT2D eigenvalue weighted by Gasteiger charge is 2.45. The van der Waals surface area contributed by atoms with Crippen LogP contribution in [0.2, 0.25) is 0 Å². The van der Waals surface area contributed by atoms with Gasteiger partial charge in [0.15, 0.2) is 29.6 Å². The molecule has 27 heavy (non-hydrogen) atoms. The smallest absolute Gasteiger partial charge is 0.372 e. The normalized spacial score (nSPS) is 19.1. The fraction of sp³-hybridized carbons (Fsp3) is 0.278. The van der Waals surface area contributed by atoms with Crippen LogP contribution in [0.4, 0.5) is 0 Å². The van der Waals surface area contributed by atoms with Gasteiger partial charge in [-0.15, -0.1) is 0 Å². The second-order valence-electron chi connectivity index (χ2n) is 5.98. The molecule has 0 saturated carbocycles. The van der Waals surface area contributed by atoms with Crippen molar-refractivity contribution in [3.05, 3.63) is 53.3 Å². The Bertz CT molecular complexity index is 919. The summed E-state index contributed by atoms with van der Waals surface area (Å²) >= 11 is 0. The van der Waals surface area contributed by atoms with Crippen LogP contribution in [0.15, 0.2) is 36.7 Å². The van der Waals surface area contributed by atoms with Gasteiger partial charge in [-0.05, 0) is 25.1 Å². The van der Waals surface area contributed by atoms with Crippen molar-refractivity contribution in [2.24, 2.45) is 0 Å². The lowest BCUT2D eigenvalue weighted by Crippen LogP contribution is -3.00. The van der Waals surface area contributed by atoms with E-state index in [1.54, 1.807) is 42.0 Å². The first-order valence-electron chi connectivity index (χ1n) is 8.15. The number of carbonyl (C=O) groups excluding carboxylic acids is 2. The van der Waals surface area contributed by atoms with Gasteiger partial charge in [0, 0.05) is 17.2 Å². The molecule has 0 aliphatic carbocycles. The molecule has 1 aromatic heterocycles. The van der Waals surface area contributed by atoms with Crippen LogP contribution in [0, 0.1) is 0 Å². The van der Waals surface area contributed by atoms with Crippen molar-refractivity contribution < 1.29 is 50.5 Å². The highest BCUT2D eigenvalue weighted by molar-refractivity contribution is 5.99. The third-order valence-corrected chi connectivity index (χ3v) is 4.35. The molecular weight excluding hydrogens is 420 g/mol. The largest absolute Gasteiger partial charge is 1.00 e. The van der Waals surface area contributed by atoms with Crippen LogP contribution in [0.1, 0.15) is 28.4 Å². The molecule has 4 rings (SSSR count). The van der Waals surface area contributed by atoms with Gasteiger partial charge < -0.3 is 41.6 Å². The predicted molar refractivity (Wildman–Crippen MR) is 86.3 cm³/mol. The number of halogens is 1. The van der Waals surface area contributed by atoms with Crippen molar-refractivity contribution >= 4 is 11.9 Å². The van der Waals surface area contributed by atoms with Crippen molar-refractivity contribution in [2.75, 3.05) is 13.4 Å². The maximum Gasteiger partial charge on any atom is 0.372 e. The van der Waals surface area contributed by atoms with Crippen molar-refractivity contribution in [3.63, 3.8) is 0 Å². The van der Waals surface area contributed by atoms with E-state index < -0.39 is 17.6 Å². The van der Waals surface area contributed by atoms with Gasteiger partial charge in [-0.3, -0.25) is 4.79 Å². The third kappa shape index (κ3) is 3.24. The standard InChI is InChI=1S/C18H16N2O6.BrH/c1-2-24-16(21)9-20-6-5-13-12(8-20)17(22)19-18(13,23)11-3-4-14-15(7-11)26-10-25-14;/h3-8,23H,2,9-10H2,1H3;1H. The zero-order chi connectivity index (χ0) is 18.3. The number of hydrogen-bond acceptors (Lipinski definition) is 6. The van der Waals surface area contributed by atoms with Crippen LogP contribution in [-0.2, 0) is 21.8 Å². The molecule has 0 radical (unpaired) electrons. The number of carbonyl (C=O) groups is 2. The van der Waals surface area contributed by atoms with Crippen molar-refractivity contribution in [1.82, 2.24) is 5.32 Å². The Morgan fingerprint density at radius 3 is 2.89 bits per heavy atom. The summed E-state index contributed by atoms with van der Waals surface area (Å²) in [4.78, 5) is 24.0. The van der Waals surface area contributed by atoms with Crippen LogP contribution in [-0.4, -0.2) is 30.4 Å². The van der Waals surface area contributed by atoms with Gasteiger partial charge in [0.1, 0.15) is 5.56 Å². The van der Waals surface area contributed by atoms with Gasteiger partial charge in [0.25, 0.3) is 5.91 Å². The average Bonchev–Trinajstić information content (AvgIpc) is 3.18. The fourth-order valence-corrected chi connectivity index (χ4v) is 3.14. The van der Waals surface area contributed by atoms with Gasteiger partial charge in [-0.25, -0.2) is 4.79 Å². The highest BCUT2D eigenvalue weighted by atomic mass is 79.9. The fourth-order valence-electron chi connectivity index (χ4n) is 3.14. The zero-order valence-electron chi connectivity index (χ0n) is 14.4. The van der Waals surface area contributed by atoms with Gasteiger partial charge in [-0.1, -0.05) is 0 Å². The van der Waals surface area contributed by atoms with Crippen LogP contribution in [0.3, 0.4) is 0 Å². The van der Waals surface area contributed by atoms with E-state index in [1.165, 1.54) is 6.20 Å². The molecule has 1 unspecified atom stereocenters. The number of fused-ring (bicyclic) bond motifs is 2. The molecular formula is C18H17BrN2O6. The summed E-state index contributed by atoms with van der Waals surface area (Å²) < 4.78 is 17.1. The number of hydrogen-bond donors (Lipinski definition) is 2. The lowest BCUT2D eigenvalue weighted by Gasteiger charge is -2.24. The second kappa shape index (κ2) is 7.16. The van der Waals surface area contributed by atoms with Gasteiger partial charge >= 0.3 is 5.97 Å². The molecule has 0 fully saturated rings. The van der Waals surface area contributed by atoms with E-state index in [-0.39, 0.29) is 42.5 Å². The van der Waals surface area contributed by atoms with E-state index in [0.717, 1.165) is 0 Å². The van der Waals surface area contributed by atoms with Crippen LogP contribution in [0.25, 0.3) is 0 Å². The number of ether oxygens (including phenoxy) is 3. The van der Waals surface area contributed by atoms with E-state index in [9.17, 15) is 14.7 Å². The maximum absolute atomic E-state index is 12.4. The summed E-state index contributed by atoms with van der Waals surface area (Å²) in [7, 11) is 0. The minimum Gasteiger partial charge on any atom is -1.00 e. The lowest BCUT2D eigenvalue weighted by molar-refractivity contribution is -0.686. The summed E-state index contributed by atoms with van der Waals surface area (Å²) in [6, 6.07) is 6.60. The molecule has 9 heteroatoms. The minimum absolute atomic E-state index is 0. The van der Waals surface area contributed by atoms with E-state index in [2.05, 4.69) is 5.32 Å². The van der Waals surface area contributed by atoms with E-state index in [4.69, 9.17) is 14.2 Å². The molecule has 2 N–H and O–H groups in total. The van der Waals surface area contributed by atoms with Crippen molar-refractivity contribution in [1.29, 1.82) is 0 Å². The first-order valence-corrected chi connectivity index (χ1v) is 8.15. The number of aliphatic hydroxyl groups is 1. The predicted octanol–water partition coefficient (Wildman–Crippen LogP) is -2.79. The first kappa shape index (κ1) is 19.1. The molecule has 2 aliphatic rings. The Balaban J connectivity index is 0.00000210. The Morgan fingerprint density at radius 2 is 2.11 bits per heavy atom. The number of esters is 1. The first-order chi connectivity index (χ1) is 12.5. The third-order valence-electron chi connectivity index (χ3n) is 4.35. The Hall–Kier alpha value is -2.65. The van der Waals surface area contributed by atoms with Gasteiger partial charge in [-0.2, -0.15) is 4.57 Å². The van der Waals surface area contributed by atoms with Crippen LogP contribution >= 0.6 is 0 Å². The monoisotopic (exact) mass is 436 g/mol. The highest BCUT2D eigenvalue weighted by Crippen LogP contribution is 2.39. The van der Waals surface area contributed by atoms with Crippen molar-refractivity contribution in [3.8, 4) is 11.5 Å². The molecule has 0 bridgehead atoms. The zero-order valence-corrected chi connectivity index (χ0v) is 16.0. The number of aromatic nitrogens is 1. The molecule has 0 saturated heterocycles. The molecule has 1 atom stereocenters.